The third-order valence-corrected chi connectivity index (χ3v) is 3.88. The fraction of sp³-hybridized carbons (Fsp3) is 0.600. The molecular formula is C15H22ClNO3. The second-order valence-corrected chi connectivity index (χ2v) is 5.41. The number of methoxy groups -OCH3 is 2. The van der Waals surface area contributed by atoms with Crippen molar-refractivity contribution in [2.75, 3.05) is 34.0 Å². The molecule has 1 aromatic rings. The van der Waals surface area contributed by atoms with Crippen molar-refractivity contribution in [1.29, 1.82) is 0 Å². The Bertz CT molecular complexity index is 433. The van der Waals surface area contributed by atoms with Crippen LogP contribution in [0.1, 0.15) is 18.4 Å². The lowest BCUT2D eigenvalue weighted by Crippen LogP contribution is -2.27. The smallest absolute Gasteiger partial charge is 0.179 e. The van der Waals surface area contributed by atoms with E-state index in [0.29, 0.717) is 22.4 Å². The predicted octanol–water partition coefficient (Wildman–Crippen LogP) is 2.87. The molecule has 0 spiro atoms. The van der Waals surface area contributed by atoms with Crippen molar-refractivity contribution >= 4 is 11.6 Å². The standard InChI is InChI=1S/C15H22ClNO3/c1-18-14-8-12(7-13(16)15(14)19-2)10-17-9-11-3-5-20-6-4-11/h7-8,11,17H,3-6,9-10H2,1-2H3. The summed E-state index contributed by atoms with van der Waals surface area (Å²) in [4.78, 5) is 0. The largest absolute Gasteiger partial charge is 0.493 e. The molecule has 4 nitrogen and oxygen atoms in total. The van der Waals surface area contributed by atoms with Crippen LogP contribution >= 0.6 is 11.6 Å². The summed E-state index contributed by atoms with van der Waals surface area (Å²) in [6.07, 6.45) is 2.28. The average Bonchev–Trinajstić information content (AvgIpc) is 2.47. The molecule has 1 N–H and O–H groups in total. The monoisotopic (exact) mass is 299 g/mol. The van der Waals surface area contributed by atoms with E-state index in [-0.39, 0.29) is 0 Å². The maximum absolute atomic E-state index is 6.19. The van der Waals surface area contributed by atoms with Crippen LogP contribution in [0.25, 0.3) is 0 Å². The molecule has 1 aromatic carbocycles. The van der Waals surface area contributed by atoms with Crippen molar-refractivity contribution in [1.82, 2.24) is 5.32 Å². The van der Waals surface area contributed by atoms with E-state index < -0.39 is 0 Å². The quantitative estimate of drug-likeness (QED) is 0.877. The van der Waals surface area contributed by atoms with Crippen LogP contribution in [0.2, 0.25) is 5.02 Å². The highest BCUT2D eigenvalue weighted by atomic mass is 35.5. The number of benzene rings is 1. The van der Waals surface area contributed by atoms with Gasteiger partial charge in [0.1, 0.15) is 0 Å². The number of hydrogen-bond donors (Lipinski definition) is 1. The molecule has 0 atom stereocenters. The van der Waals surface area contributed by atoms with Gasteiger partial charge in [-0.05, 0) is 43.0 Å². The fourth-order valence-corrected chi connectivity index (χ4v) is 2.75. The zero-order valence-corrected chi connectivity index (χ0v) is 12.8. The Balaban J connectivity index is 1.90. The Kier molecular flexibility index (Phi) is 5.95. The molecule has 0 aromatic heterocycles. The van der Waals surface area contributed by atoms with Crippen molar-refractivity contribution in [3.63, 3.8) is 0 Å². The van der Waals surface area contributed by atoms with Crippen molar-refractivity contribution < 1.29 is 14.2 Å². The summed E-state index contributed by atoms with van der Waals surface area (Å²) in [6, 6.07) is 3.88. The first kappa shape index (κ1) is 15.4. The van der Waals surface area contributed by atoms with E-state index in [1.807, 2.05) is 12.1 Å². The number of ether oxygens (including phenoxy) is 3. The van der Waals surface area contributed by atoms with Crippen LogP contribution in [0.3, 0.4) is 0 Å². The van der Waals surface area contributed by atoms with Gasteiger partial charge in [-0.1, -0.05) is 11.6 Å². The van der Waals surface area contributed by atoms with Crippen molar-refractivity contribution in [3.8, 4) is 11.5 Å². The molecular weight excluding hydrogens is 278 g/mol. The first-order chi connectivity index (χ1) is 9.74. The summed E-state index contributed by atoms with van der Waals surface area (Å²) in [7, 11) is 3.21. The minimum Gasteiger partial charge on any atom is -0.493 e. The van der Waals surface area contributed by atoms with E-state index in [1.165, 1.54) is 0 Å². The van der Waals surface area contributed by atoms with Crippen LogP contribution in [-0.4, -0.2) is 34.0 Å². The molecule has 1 heterocycles. The molecule has 0 bridgehead atoms. The summed E-state index contributed by atoms with van der Waals surface area (Å²) in [5, 5.41) is 4.06. The van der Waals surface area contributed by atoms with Crippen LogP contribution in [-0.2, 0) is 11.3 Å². The van der Waals surface area contributed by atoms with Crippen LogP contribution in [0, 0.1) is 5.92 Å². The number of rotatable bonds is 6. The molecule has 0 unspecified atom stereocenters. The van der Waals surface area contributed by atoms with Crippen LogP contribution in [0.15, 0.2) is 12.1 Å². The van der Waals surface area contributed by atoms with Crippen molar-refractivity contribution in [2.45, 2.75) is 19.4 Å². The first-order valence-electron chi connectivity index (χ1n) is 6.93. The Morgan fingerprint density at radius 3 is 2.65 bits per heavy atom. The van der Waals surface area contributed by atoms with Gasteiger partial charge >= 0.3 is 0 Å². The zero-order valence-electron chi connectivity index (χ0n) is 12.1. The summed E-state index contributed by atoms with van der Waals surface area (Å²) in [5.41, 5.74) is 1.10. The molecule has 0 saturated carbocycles. The van der Waals surface area contributed by atoms with Gasteiger partial charge in [0.2, 0.25) is 0 Å². The van der Waals surface area contributed by atoms with Crippen LogP contribution in [0.5, 0.6) is 11.5 Å². The van der Waals surface area contributed by atoms with E-state index in [0.717, 1.165) is 44.7 Å². The van der Waals surface area contributed by atoms with Gasteiger partial charge in [-0.25, -0.2) is 0 Å². The highest BCUT2D eigenvalue weighted by Gasteiger charge is 2.14. The maximum atomic E-state index is 6.19. The topological polar surface area (TPSA) is 39.7 Å². The minimum atomic E-state index is 0.578. The third-order valence-electron chi connectivity index (χ3n) is 3.60. The Morgan fingerprint density at radius 2 is 2.00 bits per heavy atom. The molecule has 1 aliphatic rings. The molecule has 5 heteroatoms. The van der Waals surface area contributed by atoms with Crippen LogP contribution < -0.4 is 14.8 Å². The Labute approximate surface area is 125 Å². The Morgan fingerprint density at radius 1 is 1.25 bits per heavy atom. The van der Waals surface area contributed by atoms with Gasteiger partial charge < -0.3 is 19.5 Å². The van der Waals surface area contributed by atoms with E-state index in [1.54, 1.807) is 14.2 Å². The second-order valence-electron chi connectivity index (χ2n) is 5.00. The van der Waals surface area contributed by atoms with E-state index in [4.69, 9.17) is 25.8 Å². The van der Waals surface area contributed by atoms with E-state index in [2.05, 4.69) is 5.32 Å². The zero-order chi connectivity index (χ0) is 14.4. The second kappa shape index (κ2) is 7.72. The number of halogens is 1. The Hall–Kier alpha value is -0.970. The van der Waals surface area contributed by atoms with Gasteiger partial charge in [-0.2, -0.15) is 0 Å². The SMILES string of the molecule is COc1cc(CNCC2CCOCC2)cc(Cl)c1OC. The van der Waals surface area contributed by atoms with Gasteiger partial charge in [-0.15, -0.1) is 0 Å². The summed E-state index contributed by atoms with van der Waals surface area (Å²) in [6.45, 7) is 3.55. The summed E-state index contributed by atoms with van der Waals surface area (Å²) >= 11 is 6.19. The lowest BCUT2D eigenvalue weighted by molar-refractivity contribution is 0.0662. The first-order valence-corrected chi connectivity index (χ1v) is 7.31. The summed E-state index contributed by atoms with van der Waals surface area (Å²) < 4.78 is 15.9. The molecule has 2 rings (SSSR count). The van der Waals surface area contributed by atoms with Gasteiger partial charge in [0.25, 0.3) is 0 Å². The highest BCUT2D eigenvalue weighted by Crippen LogP contribution is 2.35. The molecule has 1 fully saturated rings. The van der Waals surface area contributed by atoms with Gasteiger partial charge in [0, 0.05) is 19.8 Å². The lowest BCUT2D eigenvalue weighted by Gasteiger charge is -2.22. The lowest BCUT2D eigenvalue weighted by atomic mass is 10.0. The molecule has 112 valence electrons. The molecule has 20 heavy (non-hydrogen) atoms. The minimum absolute atomic E-state index is 0.578. The molecule has 0 radical (unpaired) electrons. The molecule has 1 aliphatic heterocycles. The number of hydrogen-bond acceptors (Lipinski definition) is 4. The normalized spacial score (nSPS) is 16.1. The fourth-order valence-electron chi connectivity index (χ4n) is 2.44. The molecule has 1 saturated heterocycles. The highest BCUT2D eigenvalue weighted by molar-refractivity contribution is 6.32. The molecule has 0 aliphatic carbocycles. The van der Waals surface area contributed by atoms with Crippen molar-refractivity contribution in [2.24, 2.45) is 5.92 Å². The average molecular weight is 300 g/mol. The van der Waals surface area contributed by atoms with Gasteiger partial charge in [0.05, 0.1) is 19.2 Å². The van der Waals surface area contributed by atoms with Crippen molar-refractivity contribution in [3.05, 3.63) is 22.7 Å². The number of nitrogens with one attached hydrogen (secondary N) is 1. The summed E-state index contributed by atoms with van der Waals surface area (Å²) in [5.74, 6) is 1.96. The van der Waals surface area contributed by atoms with E-state index in [9.17, 15) is 0 Å². The van der Waals surface area contributed by atoms with Gasteiger partial charge in [0.15, 0.2) is 11.5 Å². The predicted molar refractivity (Wildman–Crippen MR) is 79.8 cm³/mol. The van der Waals surface area contributed by atoms with Crippen LogP contribution in [0.4, 0.5) is 0 Å². The molecule has 0 amide bonds. The maximum Gasteiger partial charge on any atom is 0.179 e. The third kappa shape index (κ3) is 4.01. The van der Waals surface area contributed by atoms with E-state index >= 15 is 0 Å². The van der Waals surface area contributed by atoms with Gasteiger partial charge in [-0.3, -0.25) is 0 Å².